The van der Waals surface area contributed by atoms with Gasteiger partial charge in [-0.1, -0.05) is 28.9 Å². The number of alkyl halides is 1. The molecule has 0 radical (unpaired) electrons. The van der Waals surface area contributed by atoms with Crippen molar-refractivity contribution in [1.82, 2.24) is 0 Å². The van der Waals surface area contributed by atoms with Gasteiger partial charge in [0.1, 0.15) is 23.5 Å². The molecule has 8 heteroatoms. The highest BCUT2D eigenvalue weighted by atomic mass is 79.9. The van der Waals surface area contributed by atoms with Crippen molar-refractivity contribution in [3.63, 3.8) is 0 Å². The summed E-state index contributed by atoms with van der Waals surface area (Å²) in [6.07, 6.45) is -0.257. The van der Waals surface area contributed by atoms with Gasteiger partial charge in [-0.25, -0.2) is 4.39 Å². The Kier molecular flexibility index (Phi) is 7.49. The Hall–Kier alpha value is -1.12. The van der Waals surface area contributed by atoms with Crippen LogP contribution in [-0.4, -0.2) is 35.8 Å². The molecule has 0 spiro atoms. The molecule has 1 aliphatic rings. The molecule has 0 N–H and O–H groups in total. The molecule has 26 heavy (non-hydrogen) atoms. The summed E-state index contributed by atoms with van der Waals surface area (Å²) in [5.41, 5.74) is 0.861. The topological polar surface area (TPSA) is 61.8 Å². The second-order valence-electron chi connectivity index (χ2n) is 6.15. The van der Waals surface area contributed by atoms with Gasteiger partial charge in [0.05, 0.1) is 0 Å². The number of hydrogen-bond donors (Lipinski definition) is 0. The number of carbonyl (C=O) groups is 2. The summed E-state index contributed by atoms with van der Waals surface area (Å²) in [5.74, 6) is -1.49. The predicted molar refractivity (Wildman–Crippen MR) is 100 cm³/mol. The largest absolute Gasteiger partial charge is 0.458 e. The number of ether oxygens (including phenoxy) is 3. The number of halogens is 2. The lowest BCUT2D eigenvalue weighted by molar-refractivity contribution is -0.211. The summed E-state index contributed by atoms with van der Waals surface area (Å²) >= 11 is 4.74. The zero-order valence-corrected chi connectivity index (χ0v) is 17.4. The highest BCUT2D eigenvalue weighted by Gasteiger charge is 2.48. The Morgan fingerprint density at radius 3 is 2.38 bits per heavy atom. The molecule has 1 aromatic carbocycles. The molecule has 0 bridgehead atoms. The first-order valence-electron chi connectivity index (χ1n) is 8.15. The van der Waals surface area contributed by atoms with Crippen molar-refractivity contribution in [1.29, 1.82) is 0 Å². The van der Waals surface area contributed by atoms with E-state index in [9.17, 15) is 14.0 Å². The average molecular weight is 449 g/mol. The summed E-state index contributed by atoms with van der Waals surface area (Å²) in [4.78, 5) is 23.3. The van der Waals surface area contributed by atoms with Gasteiger partial charge >= 0.3 is 11.9 Å². The van der Waals surface area contributed by atoms with E-state index in [1.807, 2.05) is 13.2 Å². The second kappa shape index (κ2) is 9.19. The van der Waals surface area contributed by atoms with Gasteiger partial charge in [-0.15, -0.1) is 11.8 Å². The van der Waals surface area contributed by atoms with Crippen molar-refractivity contribution in [2.45, 2.75) is 49.8 Å². The fraction of sp³-hybridized carbons (Fsp3) is 0.556. The SMILES string of the molecule is CS[C@H]1O[C@@H](c2ccc(F)c(CBr)c2)[C@H](OC(C)=O)[C@@H](OC(C)=O)[C@@H]1C. The number of thioether (sulfide) groups is 1. The summed E-state index contributed by atoms with van der Waals surface area (Å²) < 4.78 is 31.0. The van der Waals surface area contributed by atoms with E-state index in [0.717, 1.165) is 0 Å². The molecule has 0 aromatic heterocycles. The van der Waals surface area contributed by atoms with Crippen LogP contribution < -0.4 is 0 Å². The molecule has 0 unspecified atom stereocenters. The molecule has 5 atom stereocenters. The number of benzene rings is 1. The molecule has 1 fully saturated rings. The molecule has 0 saturated carbocycles. The Morgan fingerprint density at radius 2 is 1.85 bits per heavy atom. The normalized spacial score (nSPS) is 28.5. The number of carbonyl (C=O) groups excluding carboxylic acids is 2. The molecule has 5 nitrogen and oxygen atoms in total. The Bertz CT molecular complexity index is 671. The zero-order valence-electron chi connectivity index (χ0n) is 15.0. The average Bonchev–Trinajstić information content (AvgIpc) is 2.58. The zero-order chi connectivity index (χ0) is 19.4. The molecule has 1 saturated heterocycles. The fourth-order valence-electron chi connectivity index (χ4n) is 3.07. The van der Waals surface area contributed by atoms with E-state index in [2.05, 4.69) is 15.9 Å². The number of rotatable bonds is 5. The summed E-state index contributed by atoms with van der Waals surface area (Å²) in [6.45, 7) is 4.49. The maximum absolute atomic E-state index is 13.9. The van der Waals surface area contributed by atoms with E-state index in [0.29, 0.717) is 16.5 Å². The van der Waals surface area contributed by atoms with Gasteiger partial charge in [-0.05, 0) is 29.5 Å². The molecule has 2 rings (SSSR count). The van der Waals surface area contributed by atoms with Crippen LogP contribution in [0.3, 0.4) is 0 Å². The minimum atomic E-state index is -0.816. The molecule has 1 aromatic rings. The first-order valence-corrected chi connectivity index (χ1v) is 10.6. The van der Waals surface area contributed by atoms with Gasteiger partial charge in [0.15, 0.2) is 6.10 Å². The Morgan fingerprint density at radius 1 is 1.23 bits per heavy atom. The maximum Gasteiger partial charge on any atom is 0.303 e. The summed E-state index contributed by atoms with van der Waals surface area (Å²) in [7, 11) is 0. The number of hydrogen-bond acceptors (Lipinski definition) is 6. The third-order valence-electron chi connectivity index (χ3n) is 4.23. The minimum Gasteiger partial charge on any atom is -0.458 e. The molecular weight excluding hydrogens is 427 g/mol. The third-order valence-corrected chi connectivity index (χ3v) is 5.84. The molecule has 144 valence electrons. The van der Waals surface area contributed by atoms with Crippen LogP contribution in [0.2, 0.25) is 0 Å². The van der Waals surface area contributed by atoms with Crippen LogP contribution in [0.5, 0.6) is 0 Å². The van der Waals surface area contributed by atoms with Crippen LogP contribution >= 0.6 is 27.7 Å². The van der Waals surface area contributed by atoms with Gasteiger partial charge in [0.2, 0.25) is 0 Å². The number of esters is 2. The van der Waals surface area contributed by atoms with Gasteiger partial charge in [-0.3, -0.25) is 9.59 Å². The van der Waals surface area contributed by atoms with Crippen molar-refractivity contribution in [2.75, 3.05) is 6.26 Å². The Balaban J connectivity index is 2.47. The van der Waals surface area contributed by atoms with Crippen LogP contribution in [0.15, 0.2) is 18.2 Å². The van der Waals surface area contributed by atoms with E-state index in [1.165, 1.54) is 31.7 Å². The standard InChI is InChI=1S/C18H22BrFO5S/c1-9-15(23-10(2)21)17(24-11(3)22)16(25-18(9)26-4)12-5-6-14(20)13(7-12)8-19/h5-7,9,15-18H,8H2,1-4H3/t9-,15-,16-,17+,18+/m0/s1. The van der Waals surface area contributed by atoms with Crippen molar-refractivity contribution >= 4 is 39.6 Å². The van der Waals surface area contributed by atoms with Gasteiger partial charge in [0.25, 0.3) is 0 Å². The predicted octanol–water partition coefficient (Wildman–Crippen LogP) is 3.98. The Labute approximate surface area is 165 Å². The van der Waals surface area contributed by atoms with E-state index < -0.39 is 30.3 Å². The maximum atomic E-state index is 13.9. The highest BCUT2D eigenvalue weighted by Crippen LogP contribution is 2.42. The summed E-state index contributed by atoms with van der Waals surface area (Å²) in [5, 5.41) is 0.341. The lowest BCUT2D eigenvalue weighted by Gasteiger charge is -2.44. The molecule has 1 heterocycles. The monoisotopic (exact) mass is 448 g/mol. The van der Waals surface area contributed by atoms with E-state index >= 15 is 0 Å². The first kappa shape index (κ1) is 21.2. The van der Waals surface area contributed by atoms with Gasteiger partial charge in [0, 0.05) is 25.1 Å². The quantitative estimate of drug-likeness (QED) is 0.501. The minimum absolute atomic E-state index is 0.189. The van der Waals surface area contributed by atoms with Crippen molar-refractivity contribution in [3.05, 3.63) is 35.1 Å². The van der Waals surface area contributed by atoms with Crippen molar-refractivity contribution in [3.8, 4) is 0 Å². The fourth-order valence-corrected chi connectivity index (χ4v) is 4.32. The van der Waals surface area contributed by atoms with Crippen LogP contribution in [0.25, 0.3) is 0 Å². The lowest BCUT2D eigenvalue weighted by atomic mass is 9.89. The van der Waals surface area contributed by atoms with E-state index in [-0.39, 0.29) is 17.2 Å². The molecule has 0 aliphatic carbocycles. The molecule has 0 amide bonds. The van der Waals surface area contributed by atoms with Gasteiger partial charge in [-0.2, -0.15) is 0 Å². The lowest BCUT2D eigenvalue weighted by Crippen LogP contribution is -2.52. The van der Waals surface area contributed by atoms with Gasteiger partial charge < -0.3 is 14.2 Å². The van der Waals surface area contributed by atoms with E-state index in [1.54, 1.807) is 12.1 Å². The molecular formula is C18H22BrFO5S. The molecule has 1 aliphatic heterocycles. The highest BCUT2D eigenvalue weighted by molar-refractivity contribution is 9.08. The van der Waals surface area contributed by atoms with Crippen LogP contribution in [0.4, 0.5) is 4.39 Å². The first-order chi connectivity index (χ1) is 12.3. The van der Waals surface area contributed by atoms with Crippen LogP contribution in [0.1, 0.15) is 38.0 Å². The van der Waals surface area contributed by atoms with Crippen molar-refractivity contribution < 1.29 is 28.2 Å². The van der Waals surface area contributed by atoms with Crippen molar-refractivity contribution in [2.24, 2.45) is 5.92 Å². The van der Waals surface area contributed by atoms with Crippen LogP contribution in [0, 0.1) is 11.7 Å². The third kappa shape index (κ3) is 4.78. The second-order valence-corrected chi connectivity index (χ2v) is 7.65. The van der Waals surface area contributed by atoms with E-state index in [4.69, 9.17) is 14.2 Å². The summed E-state index contributed by atoms with van der Waals surface area (Å²) in [6, 6.07) is 4.62. The van der Waals surface area contributed by atoms with Crippen LogP contribution in [-0.2, 0) is 29.1 Å². The smallest absolute Gasteiger partial charge is 0.303 e.